The van der Waals surface area contributed by atoms with Crippen LogP contribution in [0.1, 0.15) is 143 Å². The Kier molecular flexibility index (Phi) is 19.3. The average molecular weight is 439 g/mol. The lowest BCUT2D eigenvalue weighted by atomic mass is 9.72. The molecule has 1 saturated carbocycles. The number of hydrogen-bond acceptors (Lipinski definition) is 2. The van der Waals surface area contributed by atoms with Gasteiger partial charge in [-0.15, -0.1) is 0 Å². The number of aliphatic hydroxyl groups is 1. The first kappa shape index (κ1) is 30.2. The second kappa shape index (κ2) is 19.8. The number of unbranched alkanes of at least 4 members (excludes halogenated alkanes) is 8. The van der Waals surface area contributed by atoms with E-state index in [-0.39, 0.29) is 6.10 Å². The molecule has 31 heavy (non-hydrogen) atoms. The van der Waals surface area contributed by atoms with Crippen molar-refractivity contribution in [2.24, 2.45) is 11.3 Å². The Morgan fingerprint density at radius 2 is 1.52 bits per heavy atom. The van der Waals surface area contributed by atoms with Crippen LogP contribution in [0.5, 0.6) is 0 Å². The van der Waals surface area contributed by atoms with Gasteiger partial charge < -0.3 is 10.2 Å². The Balaban J connectivity index is 0.000000743. The lowest BCUT2D eigenvalue weighted by molar-refractivity contribution is -0.137. The van der Waals surface area contributed by atoms with Gasteiger partial charge in [0.05, 0.1) is 6.10 Å². The van der Waals surface area contributed by atoms with Crippen molar-refractivity contribution in [3.63, 3.8) is 0 Å². The summed E-state index contributed by atoms with van der Waals surface area (Å²) in [6, 6.07) is 0. The molecule has 0 aromatic carbocycles. The lowest BCUT2D eigenvalue weighted by Crippen LogP contribution is -2.22. The first-order valence-electron chi connectivity index (χ1n) is 13.3. The van der Waals surface area contributed by atoms with Gasteiger partial charge in [-0.1, -0.05) is 104 Å². The largest absolute Gasteiger partial charge is 0.481 e. The summed E-state index contributed by atoms with van der Waals surface area (Å²) >= 11 is 0. The molecular weight excluding hydrogens is 384 g/mol. The summed E-state index contributed by atoms with van der Waals surface area (Å²) in [6.45, 7) is 9.33. The van der Waals surface area contributed by atoms with Gasteiger partial charge in [-0.3, -0.25) is 4.79 Å². The maximum atomic E-state index is 10.3. The smallest absolute Gasteiger partial charge is 0.303 e. The molecule has 1 fully saturated rings. The van der Waals surface area contributed by atoms with Crippen molar-refractivity contribution in [2.75, 3.05) is 0 Å². The van der Waals surface area contributed by atoms with Crippen LogP contribution in [-0.2, 0) is 4.79 Å². The van der Waals surface area contributed by atoms with Crippen molar-refractivity contribution in [3.05, 3.63) is 12.2 Å². The van der Waals surface area contributed by atoms with Gasteiger partial charge in [-0.25, -0.2) is 0 Å². The topological polar surface area (TPSA) is 57.5 Å². The van der Waals surface area contributed by atoms with E-state index < -0.39 is 5.97 Å². The van der Waals surface area contributed by atoms with Gasteiger partial charge in [0.2, 0.25) is 0 Å². The highest BCUT2D eigenvalue weighted by molar-refractivity contribution is 5.66. The fraction of sp³-hybridized carbons (Fsp3) is 0.893. The maximum Gasteiger partial charge on any atom is 0.303 e. The van der Waals surface area contributed by atoms with Gasteiger partial charge in [0.1, 0.15) is 0 Å². The van der Waals surface area contributed by atoms with Gasteiger partial charge in [-0.2, -0.15) is 0 Å². The number of aliphatic hydroxyl groups excluding tert-OH is 1. The molecular formula is C28H54O3. The molecule has 0 radical (unpaired) electrons. The van der Waals surface area contributed by atoms with Crippen molar-refractivity contribution in [1.82, 2.24) is 0 Å². The third-order valence-electron chi connectivity index (χ3n) is 6.56. The summed E-state index contributed by atoms with van der Waals surface area (Å²) in [5.41, 5.74) is 0.570. The quantitative estimate of drug-likeness (QED) is 0.198. The summed E-state index contributed by atoms with van der Waals surface area (Å²) in [5.74, 6) is 0.312. The molecule has 1 aliphatic carbocycles. The Hall–Kier alpha value is -0.830. The van der Waals surface area contributed by atoms with E-state index in [1.165, 1.54) is 57.8 Å². The number of carbonyl (C=O) groups is 1. The number of allylic oxidation sites excluding steroid dienone is 1. The summed E-state index contributed by atoms with van der Waals surface area (Å²) < 4.78 is 0. The standard InChI is InChI=1S/C18H34O3.C10H20/c1-2-3-4-11-14-17(19)15-12-9-7-5-6-8-10-13-16-18(20)21;1-10(2,3)9-7-5-4-6-8-9/h9,12,17,19H,2-8,10-11,13-16H2,1H3,(H,20,21);9H,4-8H2,1-3H3/b12-9-;/t17-;/m1./s1. The second-order valence-electron chi connectivity index (χ2n) is 10.6. The molecule has 1 aliphatic rings. The maximum absolute atomic E-state index is 10.3. The molecule has 0 aromatic heterocycles. The third kappa shape index (κ3) is 20.8. The normalized spacial score (nSPS) is 16.2. The van der Waals surface area contributed by atoms with Crippen LogP contribution in [-0.4, -0.2) is 22.3 Å². The van der Waals surface area contributed by atoms with Crippen LogP contribution >= 0.6 is 0 Å². The highest BCUT2D eigenvalue weighted by Crippen LogP contribution is 2.37. The second-order valence-corrected chi connectivity index (χ2v) is 10.6. The van der Waals surface area contributed by atoms with Crippen molar-refractivity contribution in [2.45, 2.75) is 149 Å². The van der Waals surface area contributed by atoms with Gasteiger partial charge >= 0.3 is 5.97 Å². The van der Waals surface area contributed by atoms with Crippen LogP contribution in [0.3, 0.4) is 0 Å². The molecule has 2 N–H and O–H groups in total. The average Bonchev–Trinajstić information content (AvgIpc) is 2.73. The van der Waals surface area contributed by atoms with Gasteiger partial charge in [0.15, 0.2) is 0 Å². The SMILES string of the molecule is CC(C)(C)C1CCCCC1.CCCCCC[C@@H](O)C/C=C\CCCCCCCC(=O)O. The Morgan fingerprint density at radius 1 is 0.903 bits per heavy atom. The first-order valence-corrected chi connectivity index (χ1v) is 13.3. The number of rotatable bonds is 15. The molecule has 0 amide bonds. The Labute approximate surface area is 194 Å². The fourth-order valence-electron chi connectivity index (χ4n) is 4.33. The van der Waals surface area contributed by atoms with Crippen molar-refractivity contribution < 1.29 is 15.0 Å². The zero-order valence-electron chi connectivity index (χ0n) is 21.3. The molecule has 0 bridgehead atoms. The van der Waals surface area contributed by atoms with Crippen LogP contribution in [0.2, 0.25) is 0 Å². The summed E-state index contributed by atoms with van der Waals surface area (Å²) in [6.07, 6.45) is 24.7. The molecule has 1 rings (SSSR count). The molecule has 3 nitrogen and oxygen atoms in total. The van der Waals surface area contributed by atoms with Crippen molar-refractivity contribution in [3.8, 4) is 0 Å². The van der Waals surface area contributed by atoms with Gasteiger partial charge in [-0.05, 0) is 56.3 Å². The van der Waals surface area contributed by atoms with Crippen molar-refractivity contribution in [1.29, 1.82) is 0 Å². The predicted octanol–water partition coefficient (Wildman–Crippen LogP) is 8.69. The molecule has 1 atom stereocenters. The predicted molar refractivity (Wildman–Crippen MR) is 135 cm³/mol. The number of carboxylic acid groups (broad SMARTS) is 1. The molecule has 0 heterocycles. The van der Waals surface area contributed by atoms with Crippen LogP contribution in [0, 0.1) is 11.3 Å². The third-order valence-corrected chi connectivity index (χ3v) is 6.56. The zero-order chi connectivity index (χ0) is 23.4. The number of aliphatic carboxylic acids is 1. The zero-order valence-corrected chi connectivity index (χ0v) is 21.3. The Bertz CT molecular complexity index is 430. The van der Waals surface area contributed by atoms with Crippen LogP contribution in [0.15, 0.2) is 12.2 Å². The first-order chi connectivity index (χ1) is 14.8. The van der Waals surface area contributed by atoms with E-state index in [4.69, 9.17) is 5.11 Å². The monoisotopic (exact) mass is 438 g/mol. The highest BCUT2D eigenvalue weighted by atomic mass is 16.4. The highest BCUT2D eigenvalue weighted by Gasteiger charge is 2.25. The molecule has 0 aromatic rings. The number of carboxylic acids is 1. The summed E-state index contributed by atoms with van der Waals surface area (Å²) in [4.78, 5) is 10.3. The molecule has 184 valence electrons. The summed E-state index contributed by atoms with van der Waals surface area (Å²) in [7, 11) is 0. The van der Waals surface area contributed by atoms with Gasteiger partial charge in [0.25, 0.3) is 0 Å². The molecule has 0 spiro atoms. The van der Waals surface area contributed by atoms with E-state index in [9.17, 15) is 9.90 Å². The lowest BCUT2D eigenvalue weighted by Gasteiger charge is -2.33. The minimum atomic E-state index is -0.689. The van der Waals surface area contributed by atoms with E-state index in [2.05, 4.69) is 39.8 Å². The minimum absolute atomic E-state index is 0.172. The van der Waals surface area contributed by atoms with Gasteiger partial charge in [0, 0.05) is 6.42 Å². The fourth-order valence-corrected chi connectivity index (χ4v) is 4.33. The number of hydrogen-bond donors (Lipinski definition) is 2. The molecule has 0 saturated heterocycles. The summed E-state index contributed by atoms with van der Waals surface area (Å²) in [5, 5.41) is 18.3. The molecule has 3 heteroatoms. The van der Waals surface area contributed by atoms with Crippen LogP contribution < -0.4 is 0 Å². The van der Waals surface area contributed by atoms with E-state index in [1.54, 1.807) is 0 Å². The minimum Gasteiger partial charge on any atom is -0.481 e. The van der Waals surface area contributed by atoms with Crippen LogP contribution in [0.4, 0.5) is 0 Å². The van der Waals surface area contributed by atoms with Crippen molar-refractivity contribution >= 4 is 5.97 Å². The van der Waals surface area contributed by atoms with E-state index in [0.29, 0.717) is 11.8 Å². The van der Waals surface area contributed by atoms with E-state index in [0.717, 1.165) is 57.3 Å². The van der Waals surface area contributed by atoms with Crippen LogP contribution in [0.25, 0.3) is 0 Å². The Morgan fingerprint density at radius 3 is 2.10 bits per heavy atom. The van der Waals surface area contributed by atoms with E-state index >= 15 is 0 Å². The molecule has 0 aliphatic heterocycles. The van der Waals surface area contributed by atoms with E-state index in [1.807, 2.05) is 0 Å². The molecule has 0 unspecified atom stereocenters.